The van der Waals surface area contributed by atoms with Crippen LogP contribution in [0.25, 0.3) is 0 Å². The molecule has 0 aromatic carbocycles. The van der Waals surface area contributed by atoms with Gasteiger partial charge >= 0.3 is 0 Å². The third kappa shape index (κ3) is 3.54. The number of rotatable bonds is 4. The Labute approximate surface area is 112 Å². The fourth-order valence-corrected chi connectivity index (χ4v) is 2.33. The van der Waals surface area contributed by atoms with Crippen LogP contribution in [0.2, 0.25) is 0 Å². The molecule has 0 bridgehead atoms. The van der Waals surface area contributed by atoms with E-state index in [1.807, 2.05) is 0 Å². The minimum atomic E-state index is -0.575. The van der Waals surface area contributed by atoms with Crippen molar-refractivity contribution >= 4 is 5.69 Å². The number of ether oxygens (including phenoxy) is 1. The average Bonchev–Trinajstić information content (AvgIpc) is 2.41. The highest BCUT2D eigenvalue weighted by atomic mass is 16.5. The quantitative estimate of drug-likeness (QED) is 0.846. The van der Waals surface area contributed by atoms with Gasteiger partial charge in [0, 0.05) is 26.3 Å². The molecule has 6 nitrogen and oxygen atoms in total. The summed E-state index contributed by atoms with van der Waals surface area (Å²) in [6.45, 7) is 3.61. The van der Waals surface area contributed by atoms with Crippen molar-refractivity contribution in [3.05, 3.63) is 22.6 Å². The molecular formula is C13H21N3O3. The van der Waals surface area contributed by atoms with E-state index in [4.69, 9.17) is 4.74 Å². The first-order valence-electron chi connectivity index (χ1n) is 6.63. The van der Waals surface area contributed by atoms with Gasteiger partial charge in [0.1, 0.15) is 0 Å². The monoisotopic (exact) mass is 267 g/mol. The van der Waals surface area contributed by atoms with Crippen LogP contribution in [-0.4, -0.2) is 47.3 Å². The van der Waals surface area contributed by atoms with Crippen LogP contribution in [0.1, 0.15) is 19.8 Å². The van der Waals surface area contributed by atoms with Gasteiger partial charge in [-0.05, 0) is 19.8 Å². The molecule has 19 heavy (non-hydrogen) atoms. The maximum atomic E-state index is 11.9. The first kappa shape index (κ1) is 14.0. The number of hydrogen-bond donors (Lipinski definition) is 1. The number of methoxy groups -OCH3 is 1. The summed E-state index contributed by atoms with van der Waals surface area (Å²) in [5.41, 5.74) is 0.675. The largest absolute Gasteiger partial charge is 0.391 e. The molecule has 106 valence electrons. The zero-order valence-corrected chi connectivity index (χ0v) is 11.5. The van der Waals surface area contributed by atoms with Gasteiger partial charge in [-0.15, -0.1) is 0 Å². The van der Waals surface area contributed by atoms with Crippen molar-refractivity contribution in [3.63, 3.8) is 0 Å². The van der Waals surface area contributed by atoms with Gasteiger partial charge < -0.3 is 14.7 Å². The second kappa shape index (κ2) is 6.16. The molecule has 1 aromatic rings. The third-order valence-corrected chi connectivity index (χ3v) is 3.43. The van der Waals surface area contributed by atoms with Crippen LogP contribution in [0, 0.1) is 0 Å². The molecule has 0 saturated carbocycles. The van der Waals surface area contributed by atoms with E-state index >= 15 is 0 Å². The summed E-state index contributed by atoms with van der Waals surface area (Å²) in [6.07, 6.45) is 3.37. The molecule has 2 rings (SSSR count). The van der Waals surface area contributed by atoms with Gasteiger partial charge in [-0.25, -0.2) is 4.68 Å². The van der Waals surface area contributed by atoms with E-state index in [0.29, 0.717) is 6.10 Å². The van der Waals surface area contributed by atoms with Crippen molar-refractivity contribution in [1.82, 2.24) is 9.78 Å². The molecule has 2 heterocycles. The Morgan fingerprint density at radius 1 is 1.53 bits per heavy atom. The highest BCUT2D eigenvalue weighted by molar-refractivity contribution is 5.43. The van der Waals surface area contributed by atoms with Gasteiger partial charge in [0.05, 0.1) is 30.6 Å². The molecule has 0 unspecified atom stereocenters. The minimum absolute atomic E-state index is 0.174. The van der Waals surface area contributed by atoms with Crippen LogP contribution in [0.5, 0.6) is 0 Å². The Bertz CT molecular complexity index is 464. The zero-order valence-electron chi connectivity index (χ0n) is 11.5. The maximum Gasteiger partial charge on any atom is 0.268 e. The summed E-state index contributed by atoms with van der Waals surface area (Å²) in [4.78, 5) is 14.0. The van der Waals surface area contributed by atoms with Gasteiger partial charge in [-0.2, -0.15) is 5.10 Å². The third-order valence-electron chi connectivity index (χ3n) is 3.43. The van der Waals surface area contributed by atoms with Crippen molar-refractivity contribution in [1.29, 1.82) is 0 Å². The van der Waals surface area contributed by atoms with Crippen molar-refractivity contribution in [2.45, 2.75) is 38.5 Å². The number of aromatic nitrogens is 2. The molecule has 1 aliphatic rings. The molecule has 0 aliphatic carbocycles. The topological polar surface area (TPSA) is 67.6 Å². The Kier molecular flexibility index (Phi) is 4.55. The van der Waals surface area contributed by atoms with Crippen molar-refractivity contribution in [2.75, 3.05) is 25.1 Å². The predicted octanol–water partition coefficient (Wildman–Crippen LogP) is 0.239. The van der Waals surface area contributed by atoms with Gasteiger partial charge in [0.25, 0.3) is 5.56 Å². The van der Waals surface area contributed by atoms with Gasteiger partial charge in [0.2, 0.25) is 0 Å². The second-order valence-electron chi connectivity index (χ2n) is 5.01. The number of hydrogen-bond acceptors (Lipinski definition) is 5. The molecule has 1 N–H and O–H groups in total. The zero-order chi connectivity index (χ0) is 13.8. The van der Waals surface area contributed by atoms with Crippen LogP contribution in [-0.2, 0) is 11.3 Å². The van der Waals surface area contributed by atoms with Crippen LogP contribution < -0.4 is 10.5 Å². The number of anilines is 1. The lowest BCUT2D eigenvalue weighted by atomic mass is 10.1. The van der Waals surface area contributed by atoms with E-state index in [2.05, 4.69) is 10.00 Å². The van der Waals surface area contributed by atoms with Gasteiger partial charge in [-0.1, -0.05) is 0 Å². The molecule has 0 radical (unpaired) electrons. The number of aliphatic hydroxyl groups is 1. The Hall–Kier alpha value is -1.40. The molecule has 0 spiro atoms. The molecular weight excluding hydrogens is 246 g/mol. The van der Waals surface area contributed by atoms with Crippen LogP contribution in [0.15, 0.2) is 17.1 Å². The lowest BCUT2D eigenvalue weighted by Crippen LogP contribution is -2.38. The summed E-state index contributed by atoms with van der Waals surface area (Å²) in [7, 11) is 1.74. The fourth-order valence-electron chi connectivity index (χ4n) is 2.33. The normalized spacial score (nSPS) is 18.6. The maximum absolute atomic E-state index is 11.9. The minimum Gasteiger partial charge on any atom is -0.391 e. The van der Waals surface area contributed by atoms with Gasteiger partial charge in [-0.3, -0.25) is 4.79 Å². The van der Waals surface area contributed by atoms with E-state index in [1.165, 1.54) is 4.68 Å². The summed E-state index contributed by atoms with van der Waals surface area (Å²) in [5.74, 6) is 0. The van der Waals surface area contributed by atoms with Gasteiger partial charge in [0.15, 0.2) is 0 Å². The first-order chi connectivity index (χ1) is 9.10. The molecule has 1 aliphatic heterocycles. The molecule has 1 fully saturated rings. The lowest BCUT2D eigenvalue weighted by molar-refractivity contribution is 0.0819. The highest BCUT2D eigenvalue weighted by Crippen LogP contribution is 2.18. The van der Waals surface area contributed by atoms with Crippen LogP contribution in [0.4, 0.5) is 5.69 Å². The number of aliphatic hydroxyl groups excluding tert-OH is 1. The number of nitrogens with zero attached hydrogens (tertiary/aromatic N) is 3. The summed E-state index contributed by atoms with van der Waals surface area (Å²) >= 11 is 0. The molecule has 1 aromatic heterocycles. The highest BCUT2D eigenvalue weighted by Gasteiger charge is 2.19. The fraction of sp³-hybridized carbons (Fsp3) is 0.692. The van der Waals surface area contributed by atoms with Crippen molar-refractivity contribution in [2.24, 2.45) is 0 Å². The second-order valence-corrected chi connectivity index (χ2v) is 5.01. The van der Waals surface area contributed by atoms with Crippen molar-refractivity contribution in [3.8, 4) is 0 Å². The lowest BCUT2D eigenvalue weighted by Gasteiger charge is -2.32. The first-order valence-corrected chi connectivity index (χ1v) is 6.63. The predicted molar refractivity (Wildman–Crippen MR) is 72.4 cm³/mol. The average molecular weight is 267 g/mol. The van der Waals surface area contributed by atoms with E-state index < -0.39 is 6.10 Å². The van der Waals surface area contributed by atoms with E-state index in [-0.39, 0.29) is 12.1 Å². The molecule has 0 amide bonds. The smallest absolute Gasteiger partial charge is 0.268 e. The molecule has 6 heteroatoms. The van der Waals surface area contributed by atoms with E-state index in [1.54, 1.807) is 26.3 Å². The Balaban J connectivity index is 2.06. The van der Waals surface area contributed by atoms with E-state index in [0.717, 1.165) is 31.6 Å². The summed E-state index contributed by atoms with van der Waals surface area (Å²) in [5, 5.41) is 13.4. The summed E-state index contributed by atoms with van der Waals surface area (Å²) in [6, 6.07) is 1.59. The Morgan fingerprint density at radius 3 is 2.74 bits per heavy atom. The molecule has 1 saturated heterocycles. The van der Waals surface area contributed by atoms with E-state index in [9.17, 15) is 9.90 Å². The standard InChI is InChI=1S/C13H21N3O3/c1-10(17)9-16-13(18)7-11(8-14-16)15-5-3-12(19-2)4-6-15/h7-8,10,12,17H,3-6,9H2,1-2H3/t10-/m0/s1. The van der Waals surface area contributed by atoms with Crippen LogP contribution in [0.3, 0.4) is 0 Å². The Morgan fingerprint density at radius 2 is 2.21 bits per heavy atom. The summed E-state index contributed by atoms with van der Waals surface area (Å²) < 4.78 is 6.61. The van der Waals surface area contributed by atoms with Crippen molar-refractivity contribution < 1.29 is 9.84 Å². The van der Waals surface area contributed by atoms with Crippen LogP contribution >= 0.6 is 0 Å². The molecule has 1 atom stereocenters. The SMILES string of the molecule is COC1CCN(c2cnn(C[C@H](C)O)c(=O)c2)CC1. The number of piperidine rings is 1.